The van der Waals surface area contributed by atoms with Crippen LogP contribution in [0.4, 0.5) is 24.5 Å². The molecule has 1 N–H and O–H groups in total. The van der Waals surface area contributed by atoms with Gasteiger partial charge in [0.15, 0.2) is 6.61 Å². The van der Waals surface area contributed by atoms with Gasteiger partial charge in [0.1, 0.15) is 5.75 Å². The number of ether oxygens (including phenoxy) is 2. The van der Waals surface area contributed by atoms with Gasteiger partial charge in [-0.05, 0) is 48.2 Å². The summed E-state index contributed by atoms with van der Waals surface area (Å²) in [4.78, 5) is 14.3. The maximum absolute atomic E-state index is 13.2. The molecule has 0 spiro atoms. The first-order valence-corrected chi connectivity index (χ1v) is 10.3. The van der Waals surface area contributed by atoms with E-state index in [9.17, 15) is 18.0 Å². The predicted molar refractivity (Wildman–Crippen MR) is 114 cm³/mol. The SMILES string of the molecule is CC[C@@H](C)c1ccc(OCC(=O)Nc2cc(C(F)(F)F)ccc2N2CCOCC2)cc1. The number of nitrogens with zero attached hydrogens (tertiary/aromatic N) is 1. The summed E-state index contributed by atoms with van der Waals surface area (Å²) in [5.74, 6) is 0.427. The van der Waals surface area contributed by atoms with Gasteiger partial charge in [0.2, 0.25) is 0 Å². The zero-order chi connectivity index (χ0) is 22.4. The lowest BCUT2D eigenvalue weighted by Gasteiger charge is -2.31. The second-order valence-electron chi connectivity index (χ2n) is 7.54. The quantitative estimate of drug-likeness (QED) is 0.658. The fourth-order valence-electron chi connectivity index (χ4n) is 3.36. The van der Waals surface area contributed by atoms with Crippen molar-refractivity contribution in [2.45, 2.75) is 32.4 Å². The van der Waals surface area contributed by atoms with Crippen LogP contribution in [0, 0.1) is 0 Å². The second kappa shape index (κ2) is 10.0. The van der Waals surface area contributed by atoms with Crippen molar-refractivity contribution in [3.8, 4) is 5.75 Å². The van der Waals surface area contributed by atoms with Gasteiger partial charge in [0, 0.05) is 13.1 Å². The van der Waals surface area contributed by atoms with E-state index in [0.29, 0.717) is 43.7 Å². The lowest BCUT2D eigenvalue weighted by Crippen LogP contribution is -2.37. The van der Waals surface area contributed by atoms with Crippen molar-refractivity contribution in [2.24, 2.45) is 0 Å². The van der Waals surface area contributed by atoms with Gasteiger partial charge in [-0.1, -0.05) is 26.0 Å². The minimum absolute atomic E-state index is 0.109. The zero-order valence-corrected chi connectivity index (χ0v) is 17.7. The molecule has 31 heavy (non-hydrogen) atoms. The normalized spacial score (nSPS) is 15.5. The Bertz CT molecular complexity index is 879. The zero-order valence-electron chi connectivity index (χ0n) is 17.7. The molecule has 2 aromatic rings. The third kappa shape index (κ3) is 6.13. The van der Waals surface area contributed by atoms with Crippen molar-refractivity contribution in [1.82, 2.24) is 0 Å². The molecule has 0 saturated carbocycles. The third-order valence-electron chi connectivity index (χ3n) is 5.38. The Morgan fingerprint density at radius 2 is 1.84 bits per heavy atom. The Morgan fingerprint density at radius 1 is 1.16 bits per heavy atom. The van der Waals surface area contributed by atoms with Crippen molar-refractivity contribution in [2.75, 3.05) is 43.1 Å². The van der Waals surface area contributed by atoms with Gasteiger partial charge >= 0.3 is 6.18 Å². The second-order valence-corrected chi connectivity index (χ2v) is 7.54. The molecule has 0 aliphatic carbocycles. The van der Waals surface area contributed by atoms with E-state index in [1.54, 1.807) is 12.1 Å². The molecule has 1 fully saturated rings. The predicted octanol–water partition coefficient (Wildman–Crippen LogP) is 5.07. The third-order valence-corrected chi connectivity index (χ3v) is 5.38. The van der Waals surface area contributed by atoms with Crippen LogP contribution in [0.5, 0.6) is 5.75 Å². The average Bonchev–Trinajstić information content (AvgIpc) is 2.77. The molecule has 8 heteroatoms. The summed E-state index contributed by atoms with van der Waals surface area (Å²) in [7, 11) is 0. The molecule has 0 aromatic heterocycles. The molecule has 2 aromatic carbocycles. The molecule has 168 valence electrons. The van der Waals surface area contributed by atoms with Gasteiger partial charge in [-0.2, -0.15) is 13.2 Å². The summed E-state index contributed by atoms with van der Waals surface area (Å²) in [5, 5.41) is 2.58. The summed E-state index contributed by atoms with van der Waals surface area (Å²) in [6.45, 7) is 5.96. The lowest BCUT2D eigenvalue weighted by molar-refractivity contribution is -0.137. The van der Waals surface area contributed by atoms with E-state index in [-0.39, 0.29) is 12.3 Å². The topological polar surface area (TPSA) is 50.8 Å². The van der Waals surface area contributed by atoms with Gasteiger partial charge < -0.3 is 19.7 Å². The maximum atomic E-state index is 13.2. The van der Waals surface area contributed by atoms with Crippen molar-refractivity contribution in [3.05, 3.63) is 53.6 Å². The number of rotatable bonds is 7. The van der Waals surface area contributed by atoms with Crippen molar-refractivity contribution >= 4 is 17.3 Å². The summed E-state index contributed by atoms with van der Waals surface area (Å²) in [5.41, 5.74) is 1.000. The number of nitrogens with one attached hydrogen (secondary N) is 1. The highest BCUT2D eigenvalue weighted by molar-refractivity contribution is 5.95. The number of amides is 1. The molecule has 3 rings (SSSR count). The smallest absolute Gasteiger partial charge is 0.416 e. The highest BCUT2D eigenvalue weighted by Crippen LogP contribution is 2.35. The molecule has 1 saturated heterocycles. The average molecular weight is 436 g/mol. The first-order valence-electron chi connectivity index (χ1n) is 10.3. The van der Waals surface area contributed by atoms with Gasteiger partial charge in [0.05, 0.1) is 30.2 Å². The van der Waals surface area contributed by atoms with Crippen LogP contribution >= 0.6 is 0 Å². The standard InChI is InChI=1S/C23H27F3N2O3/c1-3-16(2)17-4-7-19(8-5-17)31-15-22(29)27-20-14-18(23(24,25)26)6-9-21(20)28-10-12-30-13-11-28/h4-9,14,16H,3,10-13,15H2,1-2H3,(H,27,29)/t16-/m1/s1. The van der Waals surface area contributed by atoms with Crippen LogP contribution in [-0.4, -0.2) is 38.8 Å². The van der Waals surface area contributed by atoms with Gasteiger partial charge in [-0.15, -0.1) is 0 Å². The molecule has 0 bridgehead atoms. The number of anilines is 2. The number of carbonyl (C=O) groups is 1. The first-order chi connectivity index (χ1) is 14.8. The molecular formula is C23H27F3N2O3. The highest BCUT2D eigenvalue weighted by atomic mass is 19.4. The number of morpholine rings is 1. The van der Waals surface area contributed by atoms with E-state index in [2.05, 4.69) is 19.2 Å². The number of halogens is 3. The van der Waals surface area contributed by atoms with E-state index >= 15 is 0 Å². The number of hydrogen-bond acceptors (Lipinski definition) is 4. The Balaban J connectivity index is 1.70. The number of benzene rings is 2. The van der Waals surface area contributed by atoms with Crippen molar-refractivity contribution in [3.63, 3.8) is 0 Å². The van der Waals surface area contributed by atoms with Crippen LogP contribution in [0.25, 0.3) is 0 Å². The molecule has 1 aliphatic heterocycles. The fourth-order valence-corrected chi connectivity index (χ4v) is 3.36. The molecule has 0 unspecified atom stereocenters. The Morgan fingerprint density at radius 3 is 2.45 bits per heavy atom. The monoisotopic (exact) mass is 436 g/mol. The van der Waals surface area contributed by atoms with Crippen LogP contribution in [-0.2, 0) is 15.7 Å². The van der Waals surface area contributed by atoms with Crippen LogP contribution in [0.2, 0.25) is 0 Å². The number of hydrogen-bond donors (Lipinski definition) is 1. The molecule has 5 nitrogen and oxygen atoms in total. The Labute approximate surface area is 180 Å². The van der Waals surface area contributed by atoms with Gasteiger partial charge in [-0.3, -0.25) is 4.79 Å². The summed E-state index contributed by atoms with van der Waals surface area (Å²) >= 11 is 0. The van der Waals surface area contributed by atoms with Gasteiger partial charge in [0.25, 0.3) is 5.91 Å². The van der Waals surface area contributed by atoms with Crippen LogP contribution < -0.4 is 15.0 Å². The van der Waals surface area contributed by atoms with Crippen molar-refractivity contribution in [1.29, 1.82) is 0 Å². The molecule has 0 radical (unpaired) electrons. The highest BCUT2D eigenvalue weighted by Gasteiger charge is 2.32. The van der Waals surface area contributed by atoms with Crippen LogP contribution in [0.15, 0.2) is 42.5 Å². The molecule has 1 aliphatic rings. The van der Waals surface area contributed by atoms with Gasteiger partial charge in [-0.25, -0.2) is 0 Å². The molecule has 1 atom stereocenters. The number of alkyl halides is 3. The van der Waals surface area contributed by atoms with Crippen LogP contribution in [0.3, 0.4) is 0 Å². The maximum Gasteiger partial charge on any atom is 0.416 e. The first kappa shape index (κ1) is 22.9. The van der Waals surface area contributed by atoms with E-state index in [1.807, 2.05) is 17.0 Å². The summed E-state index contributed by atoms with van der Waals surface area (Å²) in [6.07, 6.45) is -3.48. The Kier molecular flexibility index (Phi) is 7.43. The van der Waals surface area contributed by atoms with Crippen molar-refractivity contribution < 1.29 is 27.4 Å². The van der Waals surface area contributed by atoms with E-state index in [1.165, 1.54) is 11.6 Å². The lowest BCUT2D eigenvalue weighted by atomic mass is 9.99. The van der Waals surface area contributed by atoms with Crippen LogP contribution in [0.1, 0.15) is 37.3 Å². The van der Waals surface area contributed by atoms with E-state index < -0.39 is 17.6 Å². The summed E-state index contributed by atoms with van der Waals surface area (Å²) < 4.78 is 50.4. The molecule has 1 amide bonds. The fraction of sp³-hybridized carbons (Fsp3) is 0.435. The number of carbonyl (C=O) groups excluding carboxylic acids is 1. The molecular weight excluding hydrogens is 409 g/mol. The minimum Gasteiger partial charge on any atom is -0.484 e. The summed E-state index contributed by atoms with van der Waals surface area (Å²) in [6, 6.07) is 10.9. The largest absolute Gasteiger partial charge is 0.484 e. The molecule has 1 heterocycles. The van der Waals surface area contributed by atoms with E-state index in [4.69, 9.17) is 9.47 Å². The van der Waals surface area contributed by atoms with E-state index in [0.717, 1.165) is 18.6 Å². The Hall–Kier alpha value is -2.74. The minimum atomic E-state index is -4.50.